The lowest BCUT2D eigenvalue weighted by Crippen LogP contribution is -2.61. The highest BCUT2D eigenvalue weighted by atomic mass is 16.7. The Kier molecular flexibility index (Phi) is 5.59. The van der Waals surface area contributed by atoms with Crippen LogP contribution in [0.3, 0.4) is 0 Å². The lowest BCUT2D eigenvalue weighted by molar-refractivity contribution is -0.271. The fraction of sp³-hybridized carbons (Fsp3) is 0.238. The number of aliphatic hydroxyl groups is 3. The van der Waals surface area contributed by atoms with Crippen molar-refractivity contribution in [1.29, 1.82) is 0 Å². The van der Waals surface area contributed by atoms with E-state index in [1.54, 1.807) is 0 Å². The molecule has 5 unspecified atom stereocenters. The third-order valence-corrected chi connectivity index (χ3v) is 5.09. The summed E-state index contributed by atoms with van der Waals surface area (Å²) >= 11 is 0. The first-order chi connectivity index (χ1) is 15.6. The van der Waals surface area contributed by atoms with Crippen molar-refractivity contribution in [3.63, 3.8) is 0 Å². The van der Waals surface area contributed by atoms with Crippen LogP contribution >= 0.6 is 0 Å². The molecule has 1 aliphatic heterocycles. The summed E-state index contributed by atoms with van der Waals surface area (Å²) in [6.45, 7) is 0. The second-order valence-corrected chi connectivity index (χ2v) is 7.33. The van der Waals surface area contributed by atoms with Crippen molar-refractivity contribution in [3.8, 4) is 34.3 Å². The molecule has 1 aliphatic rings. The highest BCUT2D eigenvalue weighted by Crippen LogP contribution is 2.37. The molecule has 1 fully saturated rings. The van der Waals surface area contributed by atoms with Crippen molar-refractivity contribution in [1.82, 2.24) is 0 Å². The van der Waals surface area contributed by atoms with Crippen LogP contribution in [0.5, 0.6) is 23.0 Å². The molecule has 12 heteroatoms. The maximum Gasteiger partial charge on any atom is 0.335 e. The normalized spacial score (nSPS) is 25.1. The monoisotopic (exact) mass is 462 g/mol. The van der Waals surface area contributed by atoms with E-state index in [1.807, 2.05) is 0 Å². The average Bonchev–Trinajstić information content (AvgIpc) is 2.75. The summed E-state index contributed by atoms with van der Waals surface area (Å²) in [6.07, 6.45) is -9.84. The molecule has 2 heterocycles. The molecule has 2 aromatic carbocycles. The molecule has 5 atom stereocenters. The molecular formula is C21H18O12. The lowest BCUT2D eigenvalue weighted by Gasteiger charge is -2.38. The first kappa shape index (κ1) is 22.4. The minimum absolute atomic E-state index is 0.105. The summed E-state index contributed by atoms with van der Waals surface area (Å²) in [5.41, 5.74) is -1.01. The molecule has 7 N–H and O–H groups in total. The Morgan fingerprint density at radius 1 is 0.909 bits per heavy atom. The number of aliphatic hydroxyl groups excluding tert-OH is 3. The Morgan fingerprint density at radius 2 is 1.58 bits per heavy atom. The van der Waals surface area contributed by atoms with Crippen molar-refractivity contribution in [2.24, 2.45) is 0 Å². The van der Waals surface area contributed by atoms with Gasteiger partial charge in [-0.2, -0.15) is 0 Å². The molecule has 0 bridgehead atoms. The van der Waals surface area contributed by atoms with Gasteiger partial charge in [-0.15, -0.1) is 0 Å². The molecular weight excluding hydrogens is 444 g/mol. The third-order valence-electron chi connectivity index (χ3n) is 5.09. The number of hydrogen-bond acceptors (Lipinski definition) is 11. The van der Waals surface area contributed by atoms with Gasteiger partial charge in [-0.3, -0.25) is 4.79 Å². The van der Waals surface area contributed by atoms with Gasteiger partial charge in [0.2, 0.25) is 17.5 Å². The number of hydrogen-bond donors (Lipinski definition) is 7. The van der Waals surface area contributed by atoms with Gasteiger partial charge in [0.25, 0.3) is 0 Å². The number of ether oxygens (including phenoxy) is 2. The molecule has 3 aromatic rings. The van der Waals surface area contributed by atoms with E-state index in [0.29, 0.717) is 0 Å². The van der Waals surface area contributed by atoms with Crippen LogP contribution in [0.1, 0.15) is 0 Å². The minimum atomic E-state index is -1.99. The van der Waals surface area contributed by atoms with E-state index < -0.39 is 64.7 Å². The smallest absolute Gasteiger partial charge is 0.335 e. The summed E-state index contributed by atoms with van der Waals surface area (Å²) in [4.78, 5) is 24.6. The van der Waals surface area contributed by atoms with Crippen molar-refractivity contribution in [2.45, 2.75) is 30.7 Å². The summed E-state index contributed by atoms with van der Waals surface area (Å²) in [5.74, 6) is -3.72. The number of carbonyl (C=O) groups is 1. The Labute approximate surface area is 183 Å². The first-order valence-corrected chi connectivity index (χ1v) is 9.49. The van der Waals surface area contributed by atoms with E-state index in [2.05, 4.69) is 0 Å². The van der Waals surface area contributed by atoms with Gasteiger partial charge in [0, 0.05) is 17.7 Å². The molecule has 1 aromatic heterocycles. The fourth-order valence-electron chi connectivity index (χ4n) is 3.44. The summed E-state index contributed by atoms with van der Waals surface area (Å²) in [6, 6.07) is 7.20. The van der Waals surface area contributed by atoms with Crippen molar-refractivity contribution < 1.29 is 54.4 Å². The molecule has 12 nitrogen and oxygen atoms in total. The van der Waals surface area contributed by atoms with Crippen molar-refractivity contribution in [2.75, 3.05) is 0 Å². The van der Waals surface area contributed by atoms with Gasteiger partial charge in [0.05, 0.1) is 0 Å². The van der Waals surface area contributed by atoms with E-state index in [0.717, 1.165) is 12.1 Å². The third kappa shape index (κ3) is 3.91. The second kappa shape index (κ2) is 8.26. The van der Waals surface area contributed by atoms with E-state index in [1.165, 1.54) is 24.3 Å². The average molecular weight is 462 g/mol. The van der Waals surface area contributed by atoms with Crippen molar-refractivity contribution in [3.05, 3.63) is 46.6 Å². The van der Waals surface area contributed by atoms with E-state index in [-0.39, 0.29) is 22.7 Å². The van der Waals surface area contributed by atoms with Crippen LogP contribution < -0.4 is 10.2 Å². The van der Waals surface area contributed by atoms with Crippen LogP contribution in [0.25, 0.3) is 22.3 Å². The topological polar surface area (TPSA) is 207 Å². The number of benzene rings is 2. The number of phenols is 3. The predicted molar refractivity (Wildman–Crippen MR) is 108 cm³/mol. The molecule has 0 saturated carbocycles. The SMILES string of the molecule is O=C(O)C1OC(Oc2c(-c3ccc(O)cc3)oc3cc(O)cc(O)c3c2=O)C(O)C(O)C1O. The van der Waals surface area contributed by atoms with E-state index in [9.17, 15) is 45.3 Å². The largest absolute Gasteiger partial charge is 0.508 e. The van der Waals surface area contributed by atoms with E-state index in [4.69, 9.17) is 13.9 Å². The Bertz CT molecular complexity index is 1260. The maximum atomic E-state index is 13.2. The number of fused-ring (bicyclic) bond motifs is 1. The Morgan fingerprint density at radius 3 is 2.21 bits per heavy atom. The zero-order chi connectivity index (χ0) is 24.0. The molecule has 1 saturated heterocycles. The number of carboxylic acid groups (broad SMARTS) is 1. The molecule has 33 heavy (non-hydrogen) atoms. The van der Waals surface area contributed by atoms with Crippen LogP contribution in [-0.2, 0) is 9.53 Å². The Balaban J connectivity index is 1.89. The van der Waals surface area contributed by atoms with Gasteiger partial charge in [-0.05, 0) is 24.3 Å². The summed E-state index contributed by atoms with van der Waals surface area (Å²) in [5, 5.41) is 68.4. The molecule has 0 spiro atoms. The number of phenolic OH excluding ortho intramolecular Hbond substituents is 3. The minimum Gasteiger partial charge on any atom is -0.508 e. The molecule has 0 radical (unpaired) electrons. The predicted octanol–water partition coefficient (Wildman–Crippen LogP) is -0.152. The number of carboxylic acids is 1. The molecule has 174 valence electrons. The summed E-state index contributed by atoms with van der Waals surface area (Å²) in [7, 11) is 0. The van der Waals surface area contributed by atoms with Gasteiger partial charge in [-0.25, -0.2) is 4.79 Å². The van der Waals surface area contributed by atoms with Gasteiger partial charge in [0.1, 0.15) is 46.5 Å². The van der Waals surface area contributed by atoms with Crippen LogP contribution in [0.2, 0.25) is 0 Å². The quantitative estimate of drug-likeness (QED) is 0.270. The van der Waals surface area contributed by atoms with Crippen LogP contribution in [0, 0.1) is 0 Å². The van der Waals surface area contributed by atoms with Gasteiger partial charge in [-0.1, -0.05) is 0 Å². The van der Waals surface area contributed by atoms with Crippen LogP contribution in [0.15, 0.2) is 45.6 Å². The zero-order valence-corrected chi connectivity index (χ0v) is 16.5. The van der Waals surface area contributed by atoms with Crippen LogP contribution in [-0.4, -0.2) is 72.4 Å². The highest BCUT2D eigenvalue weighted by molar-refractivity contribution is 5.88. The number of aliphatic carboxylic acids is 1. The number of rotatable bonds is 4. The van der Waals surface area contributed by atoms with E-state index >= 15 is 0 Å². The van der Waals surface area contributed by atoms with Crippen LogP contribution in [0.4, 0.5) is 0 Å². The van der Waals surface area contributed by atoms with Gasteiger partial charge < -0.3 is 49.6 Å². The molecule has 0 amide bonds. The zero-order valence-electron chi connectivity index (χ0n) is 16.5. The molecule has 4 rings (SSSR count). The lowest BCUT2D eigenvalue weighted by atomic mass is 9.99. The molecule has 0 aliphatic carbocycles. The van der Waals surface area contributed by atoms with Gasteiger partial charge in [0.15, 0.2) is 11.9 Å². The second-order valence-electron chi connectivity index (χ2n) is 7.33. The maximum absolute atomic E-state index is 13.2. The first-order valence-electron chi connectivity index (χ1n) is 9.49. The summed E-state index contributed by atoms with van der Waals surface area (Å²) < 4.78 is 16.2. The van der Waals surface area contributed by atoms with Crippen molar-refractivity contribution >= 4 is 16.9 Å². The van der Waals surface area contributed by atoms with Gasteiger partial charge >= 0.3 is 5.97 Å². The Hall–Kier alpha value is -3.84. The number of aromatic hydroxyl groups is 3. The fourth-order valence-corrected chi connectivity index (χ4v) is 3.44. The standard InChI is InChI=1S/C21H18O12/c22-8-3-1-7(2-4-8)17-18(13(25)12-10(24)5-9(23)6-11(12)31-17)32-21-16(28)14(26)15(27)19(33-21)20(29)30/h1-6,14-16,19,21-24,26-28H,(H,29,30). The highest BCUT2D eigenvalue weighted by Gasteiger charge is 2.48.